The number of thiazole rings is 1. The van der Waals surface area contributed by atoms with Crippen LogP contribution in [0.4, 0.5) is 0 Å². The number of amides is 1. The van der Waals surface area contributed by atoms with Gasteiger partial charge >= 0.3 is 5.97 Å². The molecule has 0 aliphatic carbocycles. The average Bonchev–Trinajstić information content (AvgIpc) is 3.15. The molecule has 1 unspecified atom stereocenters. The van der Waals surface area contributed by atoms with Crippen LogP contribution in [0.15, 0.2) is 59.5 Å². The first-order valence-corrected chi connectivity index (χ1v) is 11.8. The summed E-state index contributed by atoms with van der Waals surface area (Å²) in [6, 6.07) is 14.2. The predicted octanol–water partition coefficient (Wildman–Crippen LogP) is 2.55. The Bertz CT molecular complexity index is 1140. The van der Waals surface area contributed by atoms with Crippen LogP contribution in [-0.2, 0) is 30.9 Å². The minimum absolute atomic E-state index is 0.0364. The largest absolute Gasteiger partial charge is 0.451 e. The first-order chi connectivity index (χ1) is 14.7. The Labute approximate surface area is 184 Å². The fourth-order valence-electron chi connectivity index (χ4n) is 2.85. The molecule has 31 heavy (non-hydrogen) atoms. The molecule has 0 saturated carbocycles. The molecule has 10 heteroatoms. The Kier molecular flexibility index (Phi) is 7.04. The Balaban J connectivity index is 1.57. The van der Waals surface area contributed by atoms with Gasteiger partial charge in [0.2, 0.25) is 10.0 Å². The molecule has 1 aromatic heterocycles. The van der Waals surface area contributed by atoms with E-state index in [4.69, 9.17) is 4.74 Å². The normalized spacial score (nSPS) is 13.5. The van der Waals surface area contributed by atoms with Crippen LogP contribution >= 0.6 is 11.3 Å². The predicted molar refractivity (Wildman–Crippen MR) is 118 cm³/mol. The van der Waals surface area contributed by atoms with Crippen LogP contribution in [0.25, 0.3) is 10.2 Å². The van der Waals surface area contributed by atoms with E-state index in [2.05, 4.69) is 9.71 Å². The number of benzene rings is 2. The number of hydrogen-bond acceptors (Lipinski definition) is 7. The molecule has 0 aliphatic rings. The summed E-state index contributed by atoms with van der Waals surface area (Å²) in [5.41, 5.74) is 0.863. The van der Waals surface area contributed by atoms with Crippen molar-refractivity contribution < 1.29 is 22.7 Å². The summed E-state index contributed by atoms with van der Waals surface area (Å²) in [6.07, 6.45) is -1.07. The number of nitrogens with one attached hydrogen (secondary N) is 1. The third-order valence-electron chi connectivity index (χ3n) is 4.47. The number of likely N-dealkylation sites (N-methyl/N-ethyl adjacent to an activating group) is 1. The van der Waals surface area contributed by atoms with E-state index < -0.39 is 34.0 Å². The Morgan fingerprint density at radius 2 is 1.74 bits per heavy atom. The van der Waals surface area contributed by atoms with Crippen LogP contribution < -0.4 is 4.72 Å². The smallest absolute Gasteiger partial charge is 0.324 e. The van der Waals surface area contributed by atoms with Crippen LogP contribution in [0.2, 0.25) is 0 Å². The highest BCUT2D eigenvalue weighted by Gasteiger charge is 2.27. The van der Waals surface area contributed by atoms with Crippen LogP contribution in [0.5, 0.6) is 0 Å². The van der Waals surface area contributed by atoms with E-state index in [1.165, 1.54) is 42.2 Å². The minimum Gasteiger partial charge on any atom is -0.451 e. The van der Waals surface area contributed by atoms with Gasteiger partial charge in [0, 0.05) is 7.05 Å². The van der Waals surface area contributed by atoms with Crippen molar-refractivity contribution in [2.24, 2.45) is 0 Å². The summed E-state index contributed by atoms with van der Waals surface area (Å²) in [5.74, 6) is -1.25. The highest BCUT2D eigenvalue weighted by Crippen LogP contribution is 2.22. The van der Waals surface area contributed by atoms with E-state index in [-0.39, 0.29) is 11.4 Å². The molecule has 3 aromatic rings. The first-order valence-electron chi connectivity index (χ1n) is 9.54. The van der Waals surface area contributed by atoms with E-state index >= 15 is 0 Å². The number of esters is 1. The zero-order valence-corrected chi connectivity index (χ0v) is 18.9. The number of ether oxygens (including phenoxy) is 1. The Hall–Kier alpha value is -2.82. The second kappa shape index (κ2) is 9.54. The zero-order valence-electron chi connectivity index (χ0n) is 17.3. The van der Waals surface area contributed by atoms with Crippen molar-refractivity contribution in [2.75, 3.05) is 7.05 Å². The zero-order chi connectivity index (χ0) is 22.6. The number of aromatic nitrogens is 1. The van der Waals surface area contributed by atoms with Crippen LogP contribution in [0.3, 0.4) is 0 Å². The quantitative estimate of drug-likeness (QED) is 0.517. The van der Waals surface area contributed by atoms with Crippen LogP contribution in [0, 0.1) is 0 Å². The van der Waals surface area contributed by atoms with E-state index in [9.17, 15) is 18.0 Å². The van der Waals surface area contributed by atoms with E-state index in [0.29, 0.717) is 0 Å². The fraction of sp³-hybridized carbons (Fsp3) is 0.286. The monoisotopic (exact) mass is 461 g/mol. The third-order valence-corrected chi connectivity index (χ3v) is 7.04. The highest BCUT2D eigenvalue weighted by molar-refractivity contribution is 7.89. The summed E-state index contributed by atoms with van der Waals surface area (Å²) in [7, 11) is -2.29. The number of carbonyl (C=O) groups excluding carboxylic acids is 2. The molecule has 0 aliphatic heterocycles. The van der Waals surface area contributed by atoms with Gasteiger partial charge in [0.25, 0.3) is 5.91 Å². The lowest BCUT2D eigenvalue weighted by Gasteiger charge is -2.22. The minimum atomic E-state index is -3.88. The van der Waals surface area contributed by atoms with Crippen molar-refractivity contribution in [1.29, 1.82) is 0 Å². The third kappa shape index (κ3) is 5.66. The van der Waals surface area contributed by atoms with Gasteiger partial charge in [-0.05, 0) is 38.1 Å². The molecular weight excluding hydrogens is 438 g/mol. The Morgan fingerprint density at radius 1 is 1.10 bits per heavy atom. The van der Waals surface area contributed by atoms with Gasteiger partial charge in [-0.15, -0.1) is 11.3 Å². The van der Waals surface area contributed by atoms with E-state index in [1.807, 2.05) is 24.3 Å². The van der Waals surface area contributed by atoms with Gasteiger partial charge in [-0.3, -0.25) is 9.59 Å². The van der Waals surface area contributed by atoms with Crippen molar-refractivity contribution in [3.8, 4) is 0 Å². The number of carbonyl (C=O) groups is 2. The number of para-hydroxylation sites is 1. The Morgan fingerprint density at radius 3 is 2.42 bits per heavy atom. The topological polar surface area (TPSA) is 106 Å². The standard InChI is InChI=1S/C21H23N3O5S2/c1-14(23-31(27,28)16-9-5-4-6-10-16)21(26)29-15(2)20(25)24(3)13-19-22-17-11-7-8-12-18(17)30-19/h4-12,14-15,23H,13H2,1-3H3/t14-,15?/m0/s1. The number of nitrogens with zero attached hydrogens (tertiary/aromatic N) is 2. The second-order valence-electron chi connectivity index (χ2n) is 7.00. The summed E-state index contributed by atoms with van der Waals surface area (Å²) >= 11 is 1.49. The van der Waals surface area contributed by atoms with Gasteiger partial charge in [-0.25, -0.2) is 13.4 Å². The molecule has 0 saturated heterocycles. The van der Waals surface area contributed by atoms with Gasteiger partial charge < -0.3 is 9.64 Å². The van der Waals surface area contributed by atoms with Gasteiger partial charge in [0.15, 0.2) is 6.10 Å². The molecule has 0 radical (unpaired) electrons. The van der Waals surface area contributed by atoms with Gasteiger partial charge in [0.05, 0.1) is 21.7 Å². The summed E-state index contributed by atoms with van der Waals surface area (Å²) < 4.78 is 33.2. The van der Waals surface area contributed by atoms with Gasteiger partial charge in [0.1, 0.15) is 11.0 Å². The molecule has 0 fully saturated rings. The maximum absolute atomic E-state index is 12.6. The molecule has 0 spiro atoms. The summed E-state index contributed by atoms with van der Waals surface area (Å²) in [6.45, 7) is 3.09. The van der Waals surface area contributed by atoms with Gasteiger partial charge in [-0.1, -0.05) is 30.3 Å². The van der Waals surface area contributed by atoms with Crippen molar-refractivity contribution >= 4 is 43.5 Å². The summed E-state index contributed by atoms with van der Waals surface area (Å²) in [5, 5.41) is 0.763. The maximum atomic E-state index is 12.6. The van der Waals surface area contributed by atoms with E-state index in [0.717, 1.165) is 15.2 Å². The van der Waals surface area contributed by atoms with Crippen molar-refractivity contribution in [3.63, 3.8) is 0 Å². The molecular formula is C21H23N3O5S2. The molecule has 3 rings (SSSR count). The SMILES string of the molecule is CC(OC(=O)[C@H](C)NS(=O)(=O)c1ccccc1)C(=O)N(C)Cc1nc2ccccc2s1. The number of fused-ring (bicyclic) bond motifs is 1. The lowest BCUT2D eigenvalue weighted by molar-refractivity contribution is -0.159. The molecule has 1 heterocycles. The van der Waals surface area contributed by atoms with Gasteiger partial charge in [-0.2, -0.15) is 4.72 Å². The van der Waals surface area contributed by atoms with Crippen LogP contribution in [0.1, 0.15) is 18.9 Å². The first kappa shape index (κ1) is 22.9. The lowest BCUT2D eigenvalue weighted by Crippen LogP contribution is -2.43. The molecule has 2 atom stereocenters. The number of rotatable bonds is 8. The number of sulfonamides is 1. The van der Waals surface area contributed by atoms with Crippen molar-refractivity contribution in [2.45, 2.75) is 37.4 Å². The molecule has 1 N–H and O–H groups in total. The fourth-order valence-corrected chi connectivity index (χ4v) is 5.09. The number of hydrogen-bond donors (Lipinski definition) is 1. The molecule has 164 valence electrons. The molecule has 1 amide bonds. The highest BCUT2D eigenvalue weighted by atomic mass is 32.2. The van der Waals surface area contributed by atoms with Crippen molar-refractivity contribution in [3.05, 3.63) is 59.6 Å². The average molecular weight is 462 g/mol. The molecule has 0 bridgehead atoms. The second-order valence-corrected chi connectivity index (χ2v) is 9.83. The van der Waals surface area contributed by atoms with E-state index in [1.54, 1.807) is 25.2 Å². The maximum Gasteiger partial charge on any atom is 0.324 e. The molecule has 2 aromatic carbocycles. The summed E-state index contributed by atoms with van der Waals surface area (Å²) in [4.78, 5) is 30.9. The lowest BCUT2D eigenvalue weighted by atomic mass is 10.3. The van der Waals surface area contributed by atoms with Crippen molar-refractivity contribution in [1.82, 2.24) is 14.6 Å². The molecule has 8 nitrogen and oxygen atoms in total. The van der Waals surface area contributed by atoms with Crippen LogP contribution in [-0.4, -0.2) is 49.4 Å².